The number of halogens is 1. The normalized spacial score (nSPS) is 27.0. The minimum atomic E-state index is -4.38. The number of sulfonamides is 1. The molecule has 1 N–H and O–H groups in total. The topological polar surface area (TPSA) is 118 Å². The van der Waals surface area contributed by atoms with Crippen molar-refractivity contribution >= 4 is 33.3 Å². The van der Waals surface area contributed by atoms with Gasteiger partial charge in [-0.1, -0.05) is 24.4 Å². The van der Waals surface area contributed by atoms with Gasteiger partial charge < -0.3 is 5.11 Å². The molecule has 0 bridgehead atoms. The molecule has 3 atom stereocenters. The van der Waals surface area contributed by atoms with E-state index in [4.69, 9.17) is 11.6 Å². The van der Waals surface area contributed by atoms with Crippen molar-refractivity contribution in [2.24, 2.45) is 5.92 Å². The van der Waals surface area contributed by atoms with Gasteiger partial charge in [-0.05, 0) is 37.3 Å². The summed E-state index contributed by atoms with van der Waals surface area (Å²) in [6.07, 6.45) is 3.28. The summed E-state index contributed by atoms with van der Waals surface area (Å²) in [7, 11) is -4.38. The lowest BCUT2D eigenvalue weighted by Crippen LogP contribution is -2.46. The maximum atomic E-state index is 13.2. The molecule has 1 aliphatic heterocycles. The fraction of sp³-hybridized carbons (Fsp3) is 0.533. The van der Waals surface area contributed by atoms with Crippen LogP contribution in [-0.4, -0.2) is 40.8 Å². The number of rotatable bonds is 4. The second-order valence-electron chi connectivity index (χ2n) is 6.41. The van der Waals surface area contributed by atoms with E-state index in [9.17, 15) is 28.4 Å². The molecule has 136 valence electrons. The average Bonchev–Trinajstić information content (AvgIpc) is 2.95. The smallest absolute Gasteiger partial charge is 0.322 e. The van der Waals surface area contributed by atoms with Crippen molar-refractivity contribution < 1.29 is 23.2 Å². The van der Waals surface area contributed by atoms with Gasteiger partial charge in [0, 0.05) is 17.1 Å². The first kappa shape index (κ1) is 18.1. The van der Waals surface area contributed by atoms with Gasteiger partial charge in [0.05, 0.1) is 4.92 Å². The van der Waals surface area contributed by atoms with E-state index in [2.05, 4.69) is 0 Å². The van der Waals surface area contributed by atoms with E-state index in [1.165, 1.54) is 6.07 Å². The van der Waals surface area contributed by atoms with Crippen LogP contribution < -0.4 is 0 Å². The molecule has 1 aliphatic carbocycles. The van der Waals surface area contributed by atoms with Crippen LogP contribution in [-0.2, 0) is 14.8 Å². The van der Waals surface area contributed by atoms with Gasteiger partial charge in [0.2, 0.25) is 0 Å². The molecule has 0 spiro atoms. The summed E-state index contributed by atoms with van der Waals surface area (Å²) in [5.74, 6) is -1.27. The van der Waals surface area contributed by atoms with Gasteiger partial charge in [-0.15, -0.1) is 0 Å². The van der Waals surface area contributed by atoms with Crippen molar-refractivity contribution in [3.8, 4) is 0 Å². The number of hydrogen-bond donors (Lipinski definition) is 1. The first-order valence-electron chi connectivity index (χ1n) is 7.93. The number of carboxylic acid groups (broad SMARTS) is 1. The van der Waals surface area contributed by atoms with E-state index in [1.54, 1.807) is 0 Å². The van der Waals surface area contributed by atoms with Crippen LogP contribution in [0, 0.1) is 16.0 Å². The van der Waals surface area contributed by atoms with Crippen LogP contribution in [0.25, 0.3) is 0 Å². The second kappa shape index (κ2) is 6.54. The zero-order valence-corrected chi connectivity index (χ0v) is 14.7. The number of nitro benzene ring substituents is 1. The Hall–Kier alpha value is -1.71. The Morgan fingerprint density at radius 3 is 2.64 bits per heavy atom. The first-order chi connectivity index (χ1) is 11.7. The third-order valence-corrected chi connectivity index (χ3v) is 7.19. The molecule has 3 unspecified atom stereocenters. The Morgan fingerprint density at radius 2 is 2.00 bits per heavy atom. The maximum Gasteiger partial charge on any atom is 0.322 e. The molecule has 2 fully saturated rings. The van der Waals surface area contributed by atoms with Crippen LogP contribution in [0.2, 0.25) is 5.02 Å². The standard InChI is InChI=1S/C15H17ClN2O6S/c16-10-5-6-12(18(21)22)14(8-10)25(23,24)17-11-4-2-1-3-9(11)7-13(17)15(19)20/h5-6,8-9,11,13H,1-4,7H2,(H,19,20). The van der Waals surface area contributed by atoms with Gasteiger partial charge in [-0.3, -0.25) is 14.9 Å². The Bertz CT molecular complexity index is 827. The Labute approximate surface area is 149 Å². The summed E-state index contributed by atoms with van der Waals surface area (Å²) in [5, 5.41) is 20.8. The second-order valence-corrected chi connectivity index (χ2v) is 8.65. The molecule has 1 saturated heterocycles. The SMILES string of the molecule is O=C(O)C1CC2CCCCC2N1S(=O)(=O)c1cc(Cl)ccc1[N+](=O)[O-]. The molecule has 1 aromatic rings. The molecule has 10 heteroatoms. The lowest BCUT2D eigenvalue weighted by Gasteiger charge is -2.31. The minimum Gasteiger partial charge on any atom is -0.480 e. The Kier molecular flexibility index (Phi) is 4.74. The van der Waals surface area contributed by atoms with Crippen molar-refractivity contribution in [2.75, 3.05) is 0 Å². The number of nitro groups is 1. The predicted molar refractivity (Wildman–Crippen MR) is 88.9 cm³/mol. The molecule has 25 heavy (non-hydrogen) atoms. The highest BCUT2D eigenvalue weighted by atomic mass is 35.5. The fourth-order valence-electron chi connectivity index (χ4n) is 3.93. The number of carbonyl (C=O) groups is 1. The molecular formula is C15H17ClN2O6S. The Morgan fingerprint density at radius 1 is 1.32 bits per heavy atom. The van der Waals surface area contributed by atoms with Crippen molar-refractivity contribution in [3.63, 3.8) is 0 Å². The van der Waals surface area contributed by atoms with E-state index < -0.39 is 43.6 Å². The summed E-state index contributed by atoms with van der Waals surface area (Å²) in [6.45, 7) is 0. The zero-order chi connectivity index (χ0) is 18.4. The Balaban J connectivity index is 2.13. The molecular weight excluding hydrogens is 372 g/mol. The molecule has 2 aliphatic rings. The van der Waals surface area contributed by atoms with E-state index in [0.29, 0.717) is 6.42 Å². The van der Waals surface area contributed by atoms with Gasteiger partial charge in [-0.2, -0.15) is 4.31 Å². The van der Waals surface area contributed by atoms with Crippen LogP contribution in [0.4, 0.5) is 5.69 Å². The molecule has 3 rings (SSSR count). The highest BCUT2D eigenvalue weighted by Gasteiger charge is 2.52. The summed E-state index contributed by atoms with van der Waals surface area (Å²) < 4.78 is 27.3. The van der Waals surface area contributed by atoms with E-state index >= 15 is 0 Å². The summed E-state index contributed by atoms with van der Waals surface area (Å²) in [4.78, 5) is 21.6. The minimum absolute atomic E-state index is 0.0374. The maximum absolute atomic E-state index is 13.2. The molecule has 0 amide bonds. The average molecular weight is 389 g/mol. The summed E-state index contributed by atoms with van der Waals surface area (Å²) in [5.41, 5.74) is -0.604. The molecule has 1 heterocycles. The van der Waals surface area contributed by atoms with Gasteiger partial charge in [-0.25, -0.2) is 8.42 Å². The van der Waals surface area contributed by atoms with Crippen molar-refractivity contribution in [2.45, 2.75) is 49.1 Å². The molecule has 0 radical (unpaired) electrons. The van der Waals surface area contributed by atoms with Crippen molar-refractivity contribution in [3.05, 3.63) is 33.3 Å². The number of carboxylic acids is 1. The molecule has 0 aromatic heterocycles. The molecule has 8 nitrogen and oxygen atoms in total. The number of fused-ring (bicyclic) bond motifs is 1. The van der Waals surface area contributed by atoms with E-state index in [0.717, 1.165) is 35.7 Å². The number of hydrogen-bond acceptors (Lipinski definition) is 5. The number of aliphatic carboxylic acids is 1. The largest absolute Gasteiger partial charge is 0.480 e. The van der Waals surface area contributed by atoms with Crippen LogP contribution in [0.3, 0.4) is 0 Å². The van der Waals surface area contributed by atoms with Crippen LogP contribution >= 0.6 is 11.6 Å². The summed E-state index contributed by atoms with van der Waals surface area (Å²) >= 11 is 5.85. The van der Waals surface area contributed by atoms with Gasteiger partial charge in [0.15, 0.2) is 4.90 Å². The lowest BCUT2D eigenvalue weighted by molar-refractivity contribution is -0.387. The van der Waals surface area contributed by atoms with Crippen molar-refractivity contribution in [1.82, 2.24) is 4.31 Å². The zero-order valence-electron chi connectivity index (χ0n) is 13.2. The highest BCUT2D eigenvalue weighted by molar-refractivity contribution is 7.89. The van der Waals surface area contributed by atoms with Crippen LogP contribution in [0.1, 0.15) is 32.1 Å². The number of benzene rings is 1. The third-order valence-electron chi connectivity index (χ3n) is 4.99. The quantitative estimate of drug-likeness (QED) is 0.625. The monoisotopic (exact) mass is 388 g/mol. The van der Waals surface area contributed by atoms with Crippen LogP contribution in [0.5, 0.6) is 0 Å². The molecule has 1 saturated carbocycles. The van der Waals surface area contributed by atoms with Gasteiger partial charge in [0.25, 0.3) is 15.7 Å². The first-order valence-corrected chi connectivity index (χ1v) is 9.75. The van der Waals surface area contributed by atoms with Crippen LogP contribution in [0.15, 0.2) is 23.1 Å². The number of nitrogens with zero attached hydrogens (tertiary/aromatic N) is 2. The van der Waals surface area contributed by atoms with Gasteiger partial charge in [0.1, 0.15) is 6.04 Å². The summed E-state index contributed by atoms with van der Waals surface area (Å²) in [6, 6.07) is 1.62. The third kappa shape index (κ3) is 3.11. The van der Waals surface area contributed by atoms with E-state index in [-0.39, 0.29) is 17.4 Å². The van der Waals surface area contributed by atoms with E-state index in [1.807, 2.05) is 0 Å². The van der Waals surface area contributed by atoms with Gasteiger partial charge >= 0.3 is 5.97 Å². The molecule has 1 aromatic carbocycles. The lowest BCUT2D eigenvalue weighted by atomic mass is 9.85. The predicted octanol–water partition coefficient (Wildman–Crippen LogP) is 2.65. The van der Waals surface area contributed by atoms with Crippen molar-refractivity contribution in [1.29, 1.82) is 0 Å². The fourth-order valence-corrected chi connectivity index (χ4v) is 6.23. The highest BCUT2D eigenvalue weighted by Crippen LogP contribution is 2.44.